The van der Waals surface area contributed by atoms with Crippen molar-refractivity contribution in [3.63, 3.8) is 0 Å². The van der Waals surface area contributed by atoms with Crippen LogP contribution < -0.4 is 69.5 Å². The number of primary amides is 1. The van der Waals surface area contributed by atoms with Crippen LogP contribution in [0.2, 0.25) is 0 Å². The Morgan fingerprint density at radius 2 is 1.06 bits per heavy atom. The topological polar surface area (TPSA) is 502 Å². The van der Waals surface area contributed by atoms with Crippen LogP contribution in [-0.4, -0.2) is 204 Å². The first kappa shape index (κ1) is 89.2. The maximum atomic E-state index is 15.3. The second kappa shape index (κ2) is 43.2. The highest BCUT2D eigenvalue weighted by Gasteiger charge is 2.41. The second-order valence-corrected chi connectivity index (χ2v) is 32.6. The van der Waals surface area contributed by atoms with Gasteiger partial charge in [0.15, 0.2) is 0 Å². The van der Waals surface area contributed by atoms with Crippen LogP contribution in [-0.2, 0) is 93.1 Å². The third kappa shape index (κ3) is 27.2. The number of nitrogens with one attached hydrogen (secondary N) is 13. The van der Waals surface area contributed by atoms with Gasteiger partial charge in [-0.25, -0.2) is 4.98 Å². The lowest BCUT2D eigenvalue weighted by Crippen LogP contribution is -2.63. The number of rotatable bonds is 12. The van der Waals surface area contributed by atoms with Crippen molar-refractivity contribution in [1.29, 1.82) is 0 Å². The Kier molecular flexibility index (Phi) is 33.8. The molecule has 114 heavy (non-hydrogen) atoms. The molecule has 3 aromatic carbocycles. The number of nitrogens with two attached hydrogens (primary N) is 1. The number of hydrogen-bond donors (Lipinski definition) is 18. The molecule has 2 aliphatic heterocycles. The Bertz CT molecular complexity index is 4170. The first-order valence-corrected chi connectivity index (χ1v) is 41.1. The number of aliphatic hydroxyl groups is 2. The fourth-order valence-corrected chi connectivity index (χ4v) is 15.7. The number of amides is 13. The quantitative estimate of drug-likeness (QED) is 0.0844. The van der Waals surface area contributed by atoms with Crippen LogP contribution in [0.5, 0.6) is 11.5 Å². The number of carbonyl (C=O) groups is 13. The maximum absolute atomic E-state index is 15.3. The van der Waals surface area contributed by atoms with Crippen molar-refractivity contribution in [2.75, 3.05) is 18.1 Å². The molecular formula is C80H109N15O17S2. The summed E-state index contributed by atoms with van der Waals surface area (Å²) in [6.45, 7) is 9.00. The molecule has 32 nitrogen and oxygen atoms in total. The molecule has 1 saturated heterocycles. The van der Waals surface area contributed by atoms with Gasteiger partial charge in [-0.2, -0.15) is 23.5 Å². The largest absolute Gasteiger partial charge is 0.508 e. The minimum Gasteiger partial charge on any atom is -0.508 e. The summed E-state index contributed by atoms with van der Waals surface area (Å²) in [6.07, 6.45) is 1.54. The number of thioether (sulfide) groups is 2. The van der Waals surface area contributed by atoms with E-state index < -0.39 is 167 Å². The van der Waals surface area contributed by atoms with E-state index in [-0.39, 0.29) is 94.4 Å². The average molecular weight is 1620 g/mol. The monoisotopic (exact) mass is 1620 g/mol. The van der Waals surface area contributed by atoms with Gasteiger partial charge in [0.05, 0.1) is 12.2 Å². The van der Waals surface area contributed by atoms with Crippen molar-refractivity contribution in [2.45, 2.75) is 234 Å². The standard InChI is InChI=1S/C80H109N15O17S2/c1-7-15-55-70(103)86-56-21-11-12-22-62(100)82-34-31-57(72(105)93-64(44(2)96)76(109)89-60(74(107)85-55)39-51-40-84-69-54(51)20-14-33-83-69)87-73(106)58(37-46-23-27-52(98)28-24-46)90-79(112)67(80(4,5)6)92-63(101)32-35-113-41-48-16-13-17-49(36-48)42-114-43-61(68(81)102)91-77(110)65(45(3)97)94-78(111)66(50-18-9-8-10-19-50)95-75(108)59(88-71(56)104)38-47-25-29-53(99)30-26-47/h13-14,16-17,20,23-30,33,36,40,44-45,50,55-61,64-67,96-99H,7-12,15,18-19,21-22,31-32,34-35,37-39,41-43H2,1-6H3,(H2,81,102)(H,82,100)(H,83,84)(H,85,107)(H,86,103)(H,87,106)(H,88,104)(H,89,109)(H,90,112)(H,91,110)(H,92,101)(H,93,105)(H,94,111)(H,95,108)/t44-,45-,55+,56+,57+,58+,59+,60+,61+,64-,65+,66+,67-/m1/s1. The van der Waals surface area contributed by atoms with Gasteiger partial charge in [-0.3, -0.25) is 62.3 Å². The Morgan fingerprint density at radius 1 is 0.535 bits per heavy atom. The Morgan fingerprint density at radius 3 is 1.67 bits per heavy atom. The highest BCUT2D eigenvalue weighted by atomic mass is 32.2. The molecule has 0 radical (unpaired) electrons. The number of phenolic OH excluding ortho intramolecular Hbond substituents is 2. The van der Waals surface area contributed by atoms with E-state index in [4.69, 9.17) is 5.73 Å². The van der Waals surface area contributed by atoms with Crippen molar-refractivity contribution in [2.24, 2.45) is 17.1 Å². The van der Waals surface area contributed by atoms with E-state index in [1.807, 2.05) is 24.3 Å². The van der Waals surface area contributed by atoms with E-state index in [9.17, 15) is 63.6 Å². The van der Waals surface area contributed by atoms with Gasteiger partial charge < -0.3 is 94.9 Å². The van der Waals surface area contributed by atoms with E-state index >= 15 is 19.2 Å². The van der Waals surface area contributed by atoms with Gasteiger partial charge in [-0.15, -0.1) is 0 Å². The number of aliphatic hydroxyl groups excluding tert-OH is 2. The molecule has 34 heteroatoms. The van der Waals surface area contributed by atoms with Crippen molar-refractivity contribution >= 4 is 111 Å². The Balaban J connectivity index is 1.19. The van der Waals surface area contributed by atoms with Gasteiger partial charge in [0, 0.05) is 79.4 Å². The Labute approximate surface area is 670 Å². The lowest BCUT2D eigenvalue weighted by molar-refractivity contribution is -0.137. The summed E-state index contributed by atoms with van der Waals surface area (Å²) >= 11 is 2.71. The molecule has 4 heterocycles. The molecule has 4 bridgehead atoms. The lowest BCUT2D eigenvalue weighted by Gasteiger charge is -2.33. The van der Waals surface area contributed by atoms with Gasteiger partial charge in [-0.1, -0.05) is 108 Å². The van der Waals surface area contributed by atoms with Crippen LogP contribution in [0.3, 0.4) is 0 Å². The number of aromatic amines is 1. The number of aromatic nitrogens is 2. The van der Waals surface area contributed by atoms with Crippen LogP contribution in [0.4, 0.5) is 0 Å². The van der Waals surface area contributed by atoms with Gasteiger partial charge in [0.2, 0.25) is 76.8 Å². The van der Waals surface area contributed by atoms with Crippen molar-refractivity contribution in [1.82, 2.24) is 73.8 Å². The van der Waals surface area contributed by atoms with Gasteiger partial charge in [0.25, 0.3) is 0 Å². The highest BCUT2D eigenvalue weighted by Crippen LogP contribution is 2.29. The van der Waals surface area contributed by atoms with Crippen LogP contribution >= 0.6 is 23.5 Å². The zero-order chi connectivity index (χ0) is 82.8. The summed E-state index contributed by atoms with van der Waals surface area (Å²) in [6, 6.07) is 5.63. The predicted octanol–water partition coefficient (Wildman–Crippen LogP) is 1.66. The zero-order valence-corrected chi connectivity index (χ0v) is 66.7. The van der Waals surface area contributed by atoms with E-state index in [1.165, 1.54) is 92.1 Å². The number of benzene rings is 3. The van der Waals surface area contributed by atoms with E-state index in [0.29, 0.717) is 70.7 Å². The summed E-state index contributed by atoms with van der Waals surface area (Å²) in [7, 11) is 0. The minimum atomic E-state index is -1.87. The number of hydrogen-bond acceptors (Lipinski definition) is 20. The molecule has 0 spiro atoms. The molecule has 19 N–H and O–H groups in total. The van der Waals surface area contributed by atoms with Crippen molar-refractivity contribution < 1.29 is 82.8 Å². The molecule has 13 amide bonds. The number of nitrogens with zero attached hydrogens (tertiary/aromatic N) is 1. The first-order chi connectivity index (χ1) is 54.3. The maximum Gasteiger partial charge on any atom is 0.245 e. The SMILES string of the molecule is CCC[C@@H]1NC(=O)[C@H](Cc2c[nH]c3ncccc23)NC(=O)[C@@H]([C@@H](C)O)NC(=O)[C@@H]2CCNC(=O)CCCC[C@H](NC1=O)C(=O)N[C@@H](Cc1ccc(O)cc1)C(=O)N[C@@H](C1CCCCC1)C(=O)N[C@@H]([C@@H](C)O)C(=O)N[C@H](C(N)=O)CSCc1cccc(c1)CSCCC(=O)N[C@@H](C(C)(C)C)C(=O)N[C@@H](Cc1ccc(O)cc1)C(=O)N2. The Hall–Kier alpha value is -10.3. The molecule has 2 aromatic heterocycles. The summed E-state index contributed by atoms with van der Waals surface area (Å²) in [5.41, 5.74) is 8.37. The summed E-state index contributed by atoms with van der Waals surface area (Å²) in [5.74, 6) is -11.0. The highest BCUT2D eigenvalue weighted by molar-refractivity contribution is 7.98. The number of aromatic hydroxyl groups is 2. The summed E-state index contributed by atoms with van der Waals surface area (Å²) in [5, 5.41) is 76.4. The minimum absolute atomic E-state index is 0.0279. The molecule has 0 unspecified atom stereocenters. The smallest absolute Gasteiger partial charge is 0.245 e. The third-order valence-corrected chi connectivity index (χ3v) is 22.3. The molecule has 8 rings (SSSR count). The number of carbonyl (C=O) groups excluding carboxylic acids is 13. The summed E-state index contributed by atoms with van der Waals surface area (Å²) in [4.78, 5) is 198. The van der Waals surface area contributed by atoms with Gasteiger partial charge >= 0.3 is 0 Å². The van der Waals surface area contributed by atoms with Crippen LogP contribution in [0, 0.1) is 11.3 Å². The van der Waals surface area contributed by atoms with Crippen LogP contribution in [0.15, 0.2) is 97.3 Å². The molecule has 618 valence electrons. The lowest BCUT2D eigenvalue weighted by atomic mass is 9.83. The predicted molar refractivity (Wildman–Crippen MR) is 428 cm³/mol. The van der Waals surface area contributed by atoms with Gasteiger partial charge in [0.1, 0.15) is 83.6 Å². The average Bonchev–Trinajstić information content (AvgIpc) is 1.33. The van der Waals surface area contributed by atoms with E-state index in [1.54, 1.807) is 46.0 Å². The number of H-pyrrole nitrogens is 1. The second-order valence-electron chi connectivity index (χ2n) is 30.5. The number of fused-ring (bicyclic) bond motifs is 12. The van der Waals surface area contributed by atoms with Crippen LogP contribution in [0.25, 0.3) is 11.0 Å². The fraction of sp³-hybridized carbons (Fsp3) is 0.525. The van der Waals surface area contributed by atoms with Crippen LogP contribution in [0.1, 0.15) is 153 Å². The van der Waals surface area contributed by atoms with Crippen molar-refractivity contribution in [3.05, 3.63) is 125 Å². The zero-order valence-electron chi connectivity index (χ0n) is 65.1. The molecule has 1 saturated carbocycles. The first-order valence-electron chi connectivity index (χ1n) is 38.8. The van der Waals surface area contributed by atoms with Gasteiger partial charge in [-0.05, 0) is 128 Å². The third-order valence-electron chi connectivity index (χ3n) is 20.2. The van der Waals surface area contributed by atoms with E-state index in [0.717, 1.165) is 17.5 Å². The molecular weight excluding hydrogens is 1510 g/mol. The summed E-state index contributed by atoms with van der Waals surface area (Å²) < 4.78 is 0. The molecule has 3 aliphatic rings. The van der Waals surface area contributed by atoms with E-state index in [2.05, 4.69) is 73.8 Å². The molecule has 1 aliphatic carbocycles. The fourth-order valence-electron chi connectivity index (χ4n) is 13.8. The molecule has 13 atom stereocenters. The molecule has 2 fully saturated rings. The normalized spacial score (nSPS) is 25.4. The number of pyridine rings is 1. The van der Waals surface area contributed by atoms with Crippen molar-refractivity contribution in [3.8, 4) is 11.5 Å². The molecule has 5 aromatic rings. The number of phenols is 2.